The van der Waals surface area contributed by atoms with Gasteiger partial charge in [-0.15, -0.1) is 0 Å². The molecule has 13 heavy (non-hydrogen) atoms. The molecular weight excluding hydrogens is 164 g/mol. The van der Waals surface area contributed by atoms with Crippen molar-refractivity contribution >= 4 is 0 Å². The number of fused-ring (bicyclic) bond motifs is 1. The van der Waals surface area contributed by atoms with Crippen molar-refractivity contribution < 1.29 is 4.74 Å². The second-order valence-corrected chi connectivity index (χ2v) is 3.87. The lowest BCUT2D eigenvalue weighted by Gasteiger charge is -2.21. The highest BCUT2D eigenvalue weighted by atomic mass is 16.5. The lowest BCUT2D eigenvalue weighted by atomic mass is 9.97. The number of hydrogen-bond acceptors (Lipinski definition) is 3. The number of hydrogen-bond donors (Lipinski definition) is 1. The summed E-state index contributed by atoms with van der Waals surface area (Å²) in [6.45, 7) is 2.04. The molecule has 1 spiro atoms. The molecule has 2 aliphatic heterocycles. The lowest BCUT2D eigenvalue weighted by molar-refractivity contribution is 0.117. The fourth-order valence-electron chi connectivity index (χ4n) is 2.22. The first-order chi connectivity index (χ1) is 6.38. The molecule has 3 heterocycles. The van der Waals surface area contributed by atoms with Gasteiger partial charge in [0.15, 0.2) is 0 Å². The van der Waals surface area contributed by atoms with Gasteiger partial charge in [-0.05, 0) is 12.6 Å². The molecule has 1 aromatic rings. The van der Waals surface area contributed by atoms with Crippen molar-refractivity contribution in [3.05, 3.63) is 24.0 Å². The molecule has 0 aromatic carbocycles. The zero-order valence-electron chi connectivity index (χ0n) is 7.42. The minimum atomic E-state index is 0.0470. The van der Waals surface area contributed by atoms with Crippen LogP contribution in [0.3, 0.4) is 0 Å². The third kappa shape index (κ3) is 1.04. The highest BCUT2D eigenvalue weighted by Gasteiger charge is 2.41. The summed E-state index contributed by atoms with van der Waals surface area (Å²) in [5.41, 5.74) is 1.35. The maximum Gasteiger partial charge on any atom is 0.141 e. The molecule has 0 saturated carbocycles. The molecule has 0 radical (unpaired) electrons. The molecule has 1 fully saturated rings. The summed E-state index contributed by atoms with van der Waals surface area (Å²) in [5, 5.41) is 3.34. The molecule has 1 saturated heterocycles. The molecule has 2 aliphatic rings. The quantitative estimate of drug-likeness (QED) is 0.633. The van der Waals surface area contributed by atoms with Crippen LogP contribution < -0.4 is 10.1 Å². The van der Waals surface area contributed by atoms with Crippen LogP contribution in [-0.4, -0.2) is 23.7 Å². The first kappa shape index (κ1) is 7.33. The molecule has 3 heteroatoms. The first-order valence-electron chi connectivity index (χ1n) is 4.71. The van der Waals surface area contributed by atoms with Crippen molar-refractivity contribution in [1.29, 1.82) is 0 Å². The number of pyridine rings is 1. The van der Waals surface area contributed by atoms with Gasteiger partial charge in [0.05, 0.1) is 6.20 Å². The summed E-state index contributed by atoms with van der Waals surface area (Å²) in [6.07, 6.45) is 5.81. The second kappa shape index (κ2) is 2.45. The zero-order chi connectivity index (χ0) is 8.73. The standard InChI is InChI=1S/C10H12N2O/c1-3-11-6-9-8(1)5-10(13-9)2-4-12-7-10/h1,3,6,12H,2,4-5,7H2. The Hall–Kier alpha value is -1.09. The lowest BCUT2D eigenvalue weighted by Crippen LogP contribution is -2.36. The minimum absolute atomic E-state index is 0.0470. The van der Waals surface area contributed by atoms with E-state index in [2.05, 4.69) is 16.4 Å². The van der Waals surface area contributed by atoms with E-state index in [9.17, 15) is 0 Å². The Morgan fingerprint density at radius 2 is 2.54 bits per heavy atom. The molecule has 3 nitrogen and oxygen atoms in total. The summed E-state index contributed by atoms with van der Waals surface area (Å²) in [5.74, 6) is 0.978. The van der Waals surface area contributed by atoms with E-state index in [0.717, 1.165) is 31.7 Å². The number of aromatic nitrogens is 1. The van der Waals surface area contributed by atoms with Crippen LogP contribution in [0.5, 0.6) is 5.75 Å². The Morgan fingerprint density at radius 3 is 3.31 bits per heavy atom. The van der Waals surface area contributed by atoms with Gasteiger partial charge in [0.2, 0.25) is 0 Å². The average molecular weight is 176 g/mol. The van der Waals surface area contributed by atoms with E-state index >= 15 is 0 Å². The monoisotopic (exact) mass is 176 g/mol. The zero-order valence-corrected chi connectivity index (χ0v) is 7.42. The molecule has 1 atom stereocenters. The predicted octanol–water partition coefficient (Wildman–Crippen LogP) is 0.749. The van der Waals surface area contributed by atoms with E-state index < -0.39 is 0 Å². The van der Waals surface area contributed by atoms with Gasteiger partial charge in [-0.1, -0.05) is 0 Å². The van der Waals surface area contributed by atoms with Crippen LogP contribution in [0.1, 0.15) is 12.0 Å². The molecule has 0 bridgehead atoms. The molecule has 3 rings (SSSR count). The maximum absolute atomic E-state index is 5.93. The van der Waals surface area contributed by atoms with Gasteiger partial charge in [0.1, 0.15) is 11.4 Å². The van der Waals surface area contributed by atoms with Gasteiger partial charge < -0.3 is 10.1 Å². The van der Waals surface area contributed by atoms with Gasteiger partial charge in [-0.2, -0.15) is 0 Å². The highest BCUT2D eigenvalue weighted by molar-refractivity contribution is 5.37. The van der Waals surface area contributed by atoms with Crippen LogP contribution in [0.15, 0.2) is 18.5 Å². The smallest absolute Gasteiger partial charge is 0.141 e. The normalized spacial score (nSPS) is 30.5. The Kier molecular flexibility index (Phi) is 1.38. The maximum atomic E-state index is 5.93. The SMILES string of the molecule is c1cc2c(cn1)OC1(CCNC1)C2. The minimum Gasteiger partial charge on any atom is -0.484 e. The van der Waals surface area contributed by atoms with E-state index in [0.29, 0.717) is 0 Å². The topological polar surface area (TPSA) is 34.1 Å². The summed E-state index contributed by atoms with van der Waals surface area (Å²) in [7, 11) is 0. The Bertz CT molecular complexity index is 304. The fourth-order valence-corrected chi connectivity index (χ4v) is 2.22. The van der Waals surface area contributed by atoms with Crippen molar-refractivity contribution in [2.75, 3.05) is 13.1 Å². The average Bonchev–Trinajstić information content (AvgIpc) is 2.72. The van der Waals surface area contributed by atoms with Crippen molar-refractivity contribution in [2.24, 2.45) is 0 Å². The van der Waals surface area contributed by atoms with Crippen molar-refractivity contribution in [1.82, 2.24) is 10.3 Å². The second-order valence-electron chi connectivity index (χ2n) is 3.87. The van der Waals surface area contributed by atoms with E-state index in [4.69, 9.17) is 4.74 Å². The van der Waals surface area contributed by atoms with Crippen LogP contribution in [0.4, 0.5) is 0 Å². The molecule has 1 unspecified atom stereocenters. The van der Waals surface area contributed by atoms with E-state index in [-0.39, 0.29) is 5.60 Å². The van der Waals surface area contributed by atoms with Gasteiger partial charge in [0, 0.05) is 31.1 Å². The van der Waals surface area contributed by atoms with E-state index in [1.807, 2.05) is 12.4 Å². The van der Waals surface area contributed by atoms with Crippen LogP contribution in [0, 0.1) is 0 Å². The number of ether oxygens (including phenoxy) is 1. The number of nitrogens with one attached hydrogen (secondary N) is 1. The van der Waals surface area contributed by atoms with Gasteiger partial charge in [-0.3, -0.25) is 4.98 Å². The van der Waals surface area contributed by atoms with Crippen molar-refractivity contribution in [2.45, 2.75) is 18.4 Å². The molecule has 0 aliphatic carbocycles. The first-order valence-corrected chi connectivity index (χ1v) is 4.71. The largest absolute Gasteiger partial charge is 0.484 e. The van der Waals surface area contributed by atoms with Crippen molar-refractivity contribution in [3.8, 4) is 5.75 Å². The highest BCUT2D eigenvalue weighted by Crippen LogP contribution is 2.37. The summed E-state index contributed by atoms with van der Waals surface area (Å²) in [4.78, 5) is 4.07. The number of rotatable bonds is 0. The summed E-state index contributed by atoms with van der Waals surface area (Å²) < 4.78 is 5.93. The van der Waals surface area contributed by atoms with Gasteiger partial charge >= 0.3 is 0 Å². The van der Waals surface area contributed by atoms with Crippen LogP contribution in [0.2, 0.25) is 0 Å². The third-order valence-corrected chi connectivity index (χ3v) is 2.91. The van der Waals surface area contributed by atoms with Gasteiger partial charge in [0.25, 0.3) is 0 Å². The fraction of sp³-hybridized carbons (Fsp3) is 0.500. The predicted molar refractivity (Wildman–Crippen MR) is 48.8 cm³/mol. The van der Waals surface area contributed by atoms with Crippen molar-refractivity contribution in [3.63, 3.8) is 0 Å². The molecule has 1 N–H and O–H groups in total. The molecule has 0 amide bonds. The summed E-state index contributed by atoms with van der Waals surface area (Å²) in [6, 6.07) is 2.06. The molecule has 1 aromatic heterocycles. The molecule has 68 valence electrons. The third-order valence-electron chi connectivity index (χ3n) is 2.91. The molecular formula is C10H12N2O. The van der Waals surface area contributed by atoms with Crippen LogP contribution >= 0.6 is 0 Å². The van der Waals surface area contributed by atoms with E-state index in [1.165, 1.54) is 5.56 Å². The van der Waals surface area contributed by atoms with Crippen LogP contribution in [0.25, 0.3) is 0 Å². The number of nitrogens with zero attached hydrogens (tertiary/aromatic N) is 1. The summed E-state index contributed by atoms with van der Waals surface area (Å²) >= 11 is 0. The Morgan fingerprint density at radius 1 is 1.54 bits per heavy atom. The Labute approximate surface area is 77.1 Å². The van der Waals surface area contributed by atoms with Gasteiger partial charge in [-0.25, -0.2) is 0 Å². The van der Waals surface area contributed by atoms with E-state index in [1.54, 1.807) is 0 Å². The van der Waals surface area contributed by atoms with Crippen LogP contribution in [-0.2, 0) is 6.42 Å². The Balaban J connectivity index is 1.96.